The summed E-state index contributed by atoms with van der Waals surface area (Å²) in [7, 11) is 0. The van der Waals surface area contributed by atoms with Crippen LogP contribution in [0.25, 0.3) is 0 Å². The summed E-state index contributed by atoms with van der Waals surface area (Å²) < 4.78 is 0. The normalized spacial score (nSPS) is 15.7. The van der Waals surface area contributed by atoms with Crippen molar-refractivity contribution in [2.45, 2.75) is 20.3 Å². The van der Waals surface area contributed by atoms with E-state index in [1.807, 2.05) is 6.92 Å². The topological polar surface area (TPSA) is 55.3 Å². The predicted molar refractivity (Wildman–Crippen MR) is 53.1 cm³/mol. The van der Waals surface area contributed by atoms with E-state index >= 15 is 0 Å². The number of aromatic nitrogens is 2. The van der Waals surface area contributed by atoms with Gasteiger partial charge in [0.25, 0.3) is 5.91 Å². The van der Waals surface area contributed by atoms with Crippen LogP contribution in [0.1, 0.15) is 28.2 Å². The minimum Gasteiger partial charge on any atom is -0.271 e. The van der Waals surface area contributed by atoms with Gasteiger partial charge in [0.15, 0.2) is 0 Å². The molecule has 80 valence electrons. The van der Waals surface area contributed by atoms with Gasteiger partial charge in [-0.15, -0.1) is 0 Å². The van der Waals surface area contributed by atoms with Crippen molar-refractivity contribution in [1.82, 2.24) is 15.3 Å². The second-order valence-electron chi connectivity index (χ2n) is 3.58. The molecule has 1 saturated heterocycles. The molecule has 0 radical (unpaired) electrons. The molecule has 1 fully saturated rings. The smallest absolute Gasteiger partial charge is 0.271 e. The highest BCUT2D eigenvalue weighted by atomic mass is 16.7. The Kier molecular flexibility index (Phi) is 2.64. The third kappa shape index (κ3) is 1.97. The molecule has 0 atom stereocenters. The van der Waals surface area contributed by atoms with Crippen molar-refractivity contribution >= 4 is 5.91 Å². The molecule has 0 N–H and O–H groups in total. The third-order valence-electron chi connectivity index (χ3n) is 2.31. The van der Waals surface area contributed by atoms with Crippen LogP contribution in [0.5, 0.6) is 0 Å². The molecule has 5 heteroatoms. The minimum absolute atomic E-state index is 0.122. The Balaban J connectivity index is 2.27. The largest absolute Gasteiger partial charge is 0.279 e. The van der Waals surface area contributed by atoms with E-state index in [9.17, 15) is 4.79 Å². The second kappa shape index (κ2) is 3.94. The number of nitrogens with zero attached hydrogens (tertiary/aromatic N) is 3. The number of aryl methyl sites for hydroxylation is 2. The summed E-state index contributed by atoms with van der Waals surface area (Å²) in [5.74, 6) is -0.122. The fraction of sp³-hybridized carbons (Fsp3) is 0.500. The average Bonchev–Trinajstić information content (AvgIpc) is 2.74. The van der Waals surface area contributed by atoms with Crippen molar-refractivity contribution in [1.29, 1.82) is 0 Å². The van der Waals surface area contributed by atoms with Gasteiger partial charge in [0.05, 0.1) is 30.1 Å². The monoisotopic (exact) mass is 207 g/mol. The van der Waals surface area contributed by atoms with Crippen molar-refractivity contribution in [3.63, 3.8) is 0 Å². The molecule has 5 nitrogen and oxygen atoms in total. The maximum Gasteiger partial charge on any atom is 0.279 e. The summed E-state index contributed by atoms with van der Waals surface area (Å²) >= 11 is 0. The summed E-state index contributed by atoms with van der Waals surface area (Å²) in [4.78, 5) is 17.2. The number of rotatable bonds is 1. The van der Waals surface area contributed by atoms with Gasteiger partial charge in [0, 0.05) is 0 Å². The van der Waals surface area contributed by atoms with Crippen LogP contribution in [0, 0.1) is 13.8 Å². The molecule has 0 aromatic carbocycles. The highest BCUT2D eigenvalue weighted by molar-refractivity contribution is 5.94. The van der Waals surface area contributed by atoms with Crippen LogP contribution < -0.4 is 0 Å². The number of hydrogen-bond donors (Lipinski definition) is 0. The van der Waals surface area contributed by atoms with Crippen LogP contribution in [0.3, 0.4) is 0 Å². The van der Waals surface area contributed by atoms with Crippen molar-refractivity contribution in [2.75, 3.05) is 13.2 Å². The van der Waals surface area contributed by atoms with Crippen molar-refractivity contribution < 1.29 is 9.63 Å². The summed E-state index contributed by atoms with van der Waals surface area (Å²) in [6.45, 7) is 4.85. The lowest BCUT2D eigenvalue weighted by Crippen LogP contribution is -2.27. The SMILES string of the molecule is Cc1cc(C(=O)N2CCCO2)c(C)nn1. The van der Waals surface area contributed by atoms with Gasteiger partial charge in [-0.25, -0.2) is 5.06 Å². The summed E-state index contributed by atoms with van der Waals surface area (Å²) in [5.41, 5.74) is 1.95. The van der Waals surface area contributed by atoms with E-state index in [1.54, 1.807) is 13.0 Å². The lowest BCUT2D eigenvalue weighted by Gasteiger charge is -2.14. The van der Waals surface area contributed by atoms with Gasteiger partial charge in [-0.3, -0.25) is 9.63 Å². The van der Waals surface area contributed by atoms with Gasteiger partial charge >= 0.3 is 0 Å². The molecular formula is C10H13N3O2. The number of hydrogen-bond acceptors (Lipinski definition) is 4. The Labute approximate surface area is 88.0 Å². The van der Waals surface area contributed by atoms with E-state index in [2.05, 4.69) is 10.2 Å². The Morgan fingerprint density at radius 2 is 2.27 bits per heavy atom. The first-order chi connectivity index (χ1) is 7.18. The van der Waals surface area contributed by atoms with Crippen molar-refractivity contribution in [3.8, 4) is 0 Å². The quantitative estimate of drug-likeness (QED) is 0.685. The zero-order chi connectivity index (χ0) is 10.8. The molecule has 0 aliphatic carbocycles. The van der Waals surface area contributed by atoms with E-state index in [4.69, 9.17) is 4.84 Å². The van der Waals surface area contributed by atoms with E-state index in [-0.39, 0.29) is 5.91 Å². The average molecular weight is 207 g/mol. The zero-order valence-corrected chi connectivity index (χ0v) is 8.86. The fourth-order valence-corrected chi connectivity index (χ4v) is 1.51. The maximum atomic E-state index is 12.0. The molecular weight excluding hydrogens is 194 g/mol. The van der Waals surface area contributed by atoms with Crippen LogP contribution in [-0.4, -0.2) is 34.3 Å². The maximum absolute atomic E-state index is 12.0. The van der Waals surface area contributed by atoms with E-state index in [1.165, 1.54) is 5.06 Å². The lowest BCUT2D eigenvalue weighted by molar-refractivity contribution is -0.0769. The first-order valence-electron chi connectivity index (χ1n) is 4.94. The van der Waals surface area contributed by atoms with E-state index < -0.39 is 0 Å². The molecule has 1 aromatic heterocycles. The molecule has 0 spiro atoms. The van der Waals surface area contributed by atoms with Crippen LogP contribution >= 0.6 is 0 Å². The molecule has 1 aliphatic rings. The van der Waals surface area contributed by atoms with Crippen LogP contribution in [0.4, 0.5) is 0 Å². The molecule has 2 heterocycles. The van der Waals surface area contributed by atoms with Gasteiger partial charge in [-0.2, -0.15) is 10.2 Å². The van der Waals surface area contributed by atoms with E-state index in [0.717, 1.165) is 12.1 Å². The summed E-state index contributed by atoms with van der Waals surface area (Å²) in [5, 5.41) is 9.20. The first kappa shape index (κ1) is 10.0. The number of carbonyl (C=O) groups is 1. The molecule has 1 aromatic rings. The van der Waals surface area contributed by atoms with Crippen molar-refractivity contribution in [2.24, 2.45) is 0 Å². The van der Waals surface area contributed by atoms with E-state index in [0.29, 0.717) is 24.4 Å². The van der Waals surface area contributed by atoms with Gasteiger partial charge in [-0.1, -0.05) is 0 Å². The number of amides is 1. The molecule has 0 saturated carbocycles. The van der Waals surface area contributed by atoms with Crippen LogP contribution in [0.2, 0.25) is 0 Å². The Morgan fingerprint density at radius 1 is 1.47 bits per heavy atom. The minimum atomic E-state index is -0.122. The predicted octanol–water partition coefficient (Wildman–Crippen LogP) is 0.871. The summed E-state index contributed by atoms with van der Waals surface area (Å²) in [6, 6.07) is 1.74. The lowest BCUT2D eigenvalue weighted by atomic mass is 10.2. The molecule has 0 unspecified atom stereocenters. The Hall–Kier alpha value is -1.49. The molecule has 15 heavy (non-hydrogen) atoms. The standard InChI is InChI=1S/C10H13N3O2/c1-7-6-9(8(2)12-11-7)10(14)13-4-3-5-15-13/h6H,3-5H2,1-2H3. The van der Waals surface area contributed by atoms with Crippen LogP contribution in [0.15, 0.2) is 6.07 Å². The van der Waals surface area contributed by atoms with Crippen LogP contribution in [-0.2, 0) is 4.84 Å². The van der Waals surface area contributed by atoms with Gasteiger partial charge in [0.1, 0.15) is 0 Å². The molecule has 2 rings (SSSR count). The number of hydroxylamine groups is 2. The third-order valence-corrected chi connectivity index (χ3v) is 2.31. The van der Waals surface area contributed by atoms with Crippen molar-refractivity contribution in [3.05, 3.63) is 23.0 Å². The molecule has 1 aliphatic heterocycles. The Bertz CT molecular complexity index is 386. The highest BCUT2D eigenvalue weighted by Gasteiger charge is 2.22. The van der Waals surface area contributed by atoms with Gasteiger partial charge < -0.3 is 0 Å². The van der Waals surface area contributed by atoms with Gasteiger partial charge in [0.2, 0.25) is 0 Å². The zero-order valence-electron chi connectivity index (χ0n) is 8.86. The van der Waals surface area contributed by atoms with Gasteiger partial charge in [-0.05, 0) is 26.3 Å². The Morgan fingerprint density at radius 3 is 2.93 bits per heavy atom. The number of carbonyl (C=O) groups excluding carboxylic acids is 1. The fourth-order valence-electron chi connectivity index (χ4n) is 1.51. The summed E-state index contributed by atoms with van der Waals surface area (Å²) in [6.07, 6.45) is 0.891. The first-order valence-corrected chi connectivity index (χ1v) is 4.94. The molecule has 1 amide bonds. The molecule has 0 bridgehead atoms. The second-order valence-corrected chi connectivity index (χ2v) is 3.58. The highest BCUT2D eigenvalue weighted by Crippen LogP contribution is 2.13.